The van der Waals surface area contributed by atoms with Crippen molar-refractivity contribution in [1.82, 2.24) is 4.98 Å². The van der Waals surface area contributed by atoms with Gasteiger partial charge in [0.15, 0.2) is 0 Å². The Morgan fingerprint density at radius 2 is 1.72 bits per heavy atom. The lowest BCUT2D eigenvalue weighted by Crippen LogP contribution is -2.13. The molecular formula is C23H16Br2N2O2. The van der Waals surface area contributed by atoms with Gasteiger partial charge in [0.1, 0.15) is 5.75 Å². The van der Waals surface area contributed by atoms with Gasteiger partial charge in [-0.1, -0.05) is 34.1 Å². The zero-order chi connectivity index (χ0) is 20.4. The van der Waals surface area contributed by atoms with Crippen LogP contribution in [0.15, 0.2) is 81.7 Å². The molecule has 4 aromatic rings. The number of anilines is 1. The number of amides is 1. The number of hydrogen-bond acceptors (Lipinski definition) is 3. The summed E-state index contributed by atoms with van der Waals surface area (Å²) < 4.78 is 6.96. The number of nitrogens with one attached hydrogen (secondary N) is 1. The smallest absolute Gasteiger partial charge is 0.256 e. The minimum atomic E-state index is -0.193. The maximum atomic E-state index is 13.2. The molecule has 0 fully saturated rings. The second-order valence-corrected chi connectivity index (χ2v) is 8.15. The van der Waals surface area contributed by atoms with E-state index in [2.05, 4.69) is 37.2 Å². The van der Waals surface area contributed by atoms with Gasteiger partial charge in [0.25, 0.3) is 5.91 Å². The van der Waals surface area contributed by atoms with Crippen molar-refractivity contribution in [3.63, 3.8) is 0 Å². The van der Waals surface area contributed by atoms with Gasteiger partial charge in [0.05, 0.1) is 29.6 Å². The fourth-order valence-electron chi connectivity index (χ4n) is 3.05. The van der Waals surface area contributed by atoms with Crippen molar-refractivity contribution < 1.29 is 9.53 Å². The first kappa shape index (κ1) is 19.6. The van der Waals surface area contributed by atoms with Crippen LogP contribution in [0.5, 0.6) is 5.75 Å². The standard InChI is InChI=1S/C23H16Br2N2O2/c1-29-16-9-6-14(7-10-16)22-13-18(17-4-2-3-5-20(17)26-22)23(28)27-21-11-8-15(24)12-19(21)25/h2-13H,1H3,(H,27,28). The number of para-hydroxylation sites is 1. The Kier molecular flexibility index (Phi) is 5.65. The van der Waals surface area contributed by atoms with Crippen LogP contribution in [0.4, 0.5) is 5.69 Å². The van der Waals surface area contributed by atoms with Crippen molar-refractivity contribution >= 4 is 54.4 Å². The van der Waals surface area contributed by atoms with E-state index in [9.17, 15) is 4.79 Å². The van der Waals surface area contributed by atoms with Crippen molar-refractivity contribution in [2.24, 2.45) is 0 Å². The third-order valence-corrected chi connectivity index (χ3v) is 5.68. The molecule has 0 aliphatic heterocycles. The molecule has 1 N–H and O–H groups in total. The number of benzene rings is 3. The molecule has 1 aromatic heterocycles. The van der Waals surface area contributed by atoms with Gasteiger partial charge in [-0.15, -0.1) is 0 Å². The fourth-order valence-corrected chi connectivity index (χ4v) is 4.20. The summed E-state index contributed by atoms with van der Waals surface area (Å²) in [4.78, 5) is 17.9. The molecule has 4 nitrogen and oxygen atoms in total. The van der Waals surface area contributed by atoms with Crippen LogP contribution in [0.25, 0.3) is 22.2 Å². The van der Waals surface area contributed by atoms with Gasteiger partial charge in [-0.05, 0) is 70.5 Å². The van der Waals surface area contributed by atoms with Crippen LogP contribution in [-0.4, -0.2) is 18.0 Å². The first-order valence-electron chi connectivity index (χ1n) is 8.86. The van der Waals surface area contributed by atoms with E-state index in [-0.39, 0.29) is 5.91 Å². The predicted molar refractivity (Wildman–Crippen MR) is 124 cm³/mol. The number of carbonyl (C=O) groups is 1. The summed E-state index contributed by atoms with van der Waals surface area (Å²) in [7, 11) is 1.63. The molecule has 0 radical (unpaired) electrons. The summed E-state index contributed by atoms with van der Waals surface area (Å²) in [6.07, 6.45) is 0. The molecule has 0 atom stereocenters. The molecule has 0 saturated heterocycles. The van der Waals surface area contributed by atoms with Crippen LogP contribution >= 0.6 is 31.9 Å². The monoisotopic (exact) mass is 510 g/mol. The van der Waals surface area contributed by atoms with Crippen LogP contribution in [0, 0.1) is 0 Å². The highest BCUT2D eigenvalue weighted by molar-refractivity contribution is 9.11. The third-order valence-electron chi connectivity index (χ3n) is 4.53. The molecule has 0 spiro atoms. The van der Waals surface area contributed by atoms with E-state index < -0.39 is 0 Å². The molecule has 0 aliphatic carbocycles. The number of rotatable bonds is 4. The average Bonchev–Trinajstić information content (AvgIpc) is 2.75. The molecule has 4 rings (SSSR count). The van der Waals surface area contributed by atoms with E-state index >= 15 is 0 Å². The Bertz CT molecular complexity index is 1210. The highest BCUT2D eigenvalue weighted by Crippen LogP contribution is 2.29. The first-order valence-corrected chi connectivity index (χ1v) is 10.4. The molecule has 3 aromatic carbocycles. The maximum Gasteiger partial charge on any atom is 0.256 e. The molecular weight excluding hydrogens is 496 g/mol. The molecule has 0 bridgehead atoms. The molecule has 6 heteroatoms. The lowest BCUT2D eigenvalue weighted by Gasteiger charge is -2.12. The fraction of sp³-hybridized carbons (Fsp3) is 0.0435. The van der Waals surface area contributed by atoms with Gasteiger partial charge in [0.2, 0.25) is 0 Å². The van der Waals surface area contributed by atoms with E-state index in [1.807, 2.05) is 72.8 Å². The van der Waals surface area contributed by atoms with Crippen LogP contribution < -0.4 is 10.1 Å². The molecule has 29 heavy (non-hydrogen) atoms. The minimum Gasteiger partial charge on any atom is -0.497 e. The van der Waals surface area contributed by atoms with Crippen LogP contribution in [0.1, 0.15) is 10.4 Å². The zero-order valence-corrected chi connectivity index (χ0v) is 18.6. The van der Waals surface area contributed by atoms with E-state index in [0.717, 1.165) is 36.9 Å². The number of pyridine rings is 1. The quantitative estimate of drug-likeness (QED) is 0.332. The summed E-state index contributed by atoms with van der Waals surface area (Å²) in [6.45, 7) is 0. The van der Waals surface area contributed by atoms with Crippen molar-refractivity contribution in [3.05, 3.63) is 87.3 Å². The van der Waals surface area contributed by atoms with Crippen LogP contribution in [0.3, 0.4) is 0 Å². The van der Waals surface area contributed by atoms with Gasteiger partial charge >= 0.3 is 0 Å². The predicted octanol–water partition coefficient (Wildman–Crippen LogP) is 6.69. The Morgan fingerprint density at radius 3 is 2.45 bits per heavy atom. The van der Waals surface area contributed by atoms with Crippen molar-refractivity contribution in [2.45, 2.75) is 0 Å². The van der Waals surface area contributed by atoms with Gasteiger partial charge in [-0.3, -0.25) is 4.79 Å². The average molecular weight is 512 g/mol. The molecule has 1 amide bonds. The molecule has 1 heterocycles. The SMILES string of the molecule is COc1ccc(-c2cc(C(=O)Nc3ccc(Br)cc3Br)c3ccccc3n2)cc1. The van der Waals surface area contributed by atoms with Crippen LogP contribution in [-0.2, 0) is 0 Å². The van der Waals surface area contributed by atoms with Crippen molar-refractivity contribution in [2.75, 3.05) is 12.4 Å². The van der Waals surface area contributed by atoms with Gasteiger partial charge in [-0.2, -0.15) is 0 Å². The van der Waals surface area contributed by atoms with E-state index in [1.54, 1.807) is 7.11 Å². The normalized spacial score (nSPS) is 10.7. The van der Waals surface area contributed by atoms with Crippen molar-refractivity contribution in [1.29, 1.82) is 0 Å². The van der Waals surface area contributed by atoms with Crippen LogP contribution in [0.2, 0.25) is 0 Å². The number of methoxy groups -OCH3 is 1. The summed E-state index contributed by atoms with van der Waals surface area (Å²) in [6, 6.07) is 22.7. The lowest BCUT2D eigenvalue weighted by molar-refractivity contribution is 0.102. The topological polar surface area (TPSA) is 51.2 Å². The number of ether oxygens (including phenoxy) is 1. The Labute approximate surface area is 185 Å². The van der Waals surface area contributed by atoms with Gasteiger partial charge in [0, 0.05) is 19.9 Å². The second kappa shape index (κ2) is 8.35. The van der Waals surface area contributed by atoms with E-state index in [1.165, 1.54) is 0 Å². The third kappa shape index (κ3) is 4.18. The summed E-state index contributed by atoms with van der Waals surface area (Å²) in [5, 5.41) is 3.79. The molecule has 144 valence electrons. The number of hydrogen-bond donors (Lipinski definition) is 1. The number of nitrogens with zero attached hydrogens (tertiary/aromatic N) is 1. The highest BCUT2D eigenvalue weighted by Gasteiger charge is 2.15. The highest BCUT2D eigenvalue weighted by atomic mass is 79.9. The number of fused-ring (bicyclic) bond motifs is 1. The first-order chi connectivity index (χ1) is 14.0. The molecule has 0 unspecified atom stereocenters. The second-order valence-electron chi connectivity index (χ2n) is 6.38. The summed E-state index contributed by atoms with van der Waals surface area (Å²) >= 11 is 6.92. The maximum absolute atomic E-state index is 13.2. The largest absolute Gasteiger partial charge is 0.497 e. The molecule has 0 aliphatic rings. The summed E-state index contributed by atoms with van der Waals surface area (Å²) in [5.41, 5.74) is 3.67. The Morgan fingerprint density at radius 1 is 0.966 bits per heavy atom. The summed E-state index contributed by atoms with van der Waals surface area (Å²) in [5.74, 6) is 0.578. The van der Waals surface area contributed by atoms with E-state index in [0.29, 0.717) is 11.3 Å². The Hall–Kier alpha value is -2.70. The Balaban J connectivity index is 1.78. The lowest BCUT2D eigenvalue weighted by atomic mass is 10.0. The molecule has 0 saturated carbocycles. The zero-order valence-electron chi connectivity index (χ0n) is 15.4. The van der Waals surface area contributed by atoms with Gasteiger partial charge in [-0.25, -0.2) is 4.98 Å². The minimum absolute atomic E-state index is 0.193. The van der Waals surface area contributed by atoms with E-state index in [4.69, 9.17) is 9.72 Å². The van der Waals surface area contributed by atoms with Gasteiger partial charge < -0.3 is 10.1 Å². The number of carbonyl (C=O) groups excluding carboxylic acids is 1. The van der Waals surface area contributed by atoms with Crippen molar-refractivity contribution in [3.8, 4) is 17.0 Å². The number of aromatic nitrogens is 1. The number of halogens is 2.